The van der Waals surface area contributed by atoms with Gasteiger partial charge in [-0.1, -0.05) is 35.9 Å². The van der Waals surface area contributed by atoms with Crippen molar-refractivity contribution in [2.75, 3.05) is 7.11 Å². The molecule has 2 heterocycles. The number of carbonyl (C=O) groups excluding carboxylic acids is 1. The van der Waals surface area contributed by atoms with E-state index < -0.39 is 17.5 Å². The lowest BCUT2D eigenvalue weighted by molar-refractivity contribution is -0.136. The molecule has 27 heavy (non-hydrogen) atoms. The Morgan fingerprint density at radius 3 is 2.56 bits per heavy atom. The minimum absolute atomic E-state index is 0.0369. The monoisotopic (exact) mass is 383 g/mol. The maximum absolute atomic E-state index is 12.8. The molecular formula is C20H14ClNO5. The first-order valence-corrected chi connectivity index (χ1v) is 8.46. The third-order valence-electron chi connectivity index (χ3n) is 4.46. The number of carbonyl (C=O) groups is 1. The predicted molar refractivity (Wildman–Crippen MR) is 99.6 cm³/mol. The van der Waals surface area contributed by atoms with Gasteiger partial charge in [0.25, 0.3) is 0 Å². The van der Waals surface area contributed by atoms with Crippen LogP contribution in [0.4, 0.5) is 0 Å². The average Bonchev–Trinajstić information content (AvgIpc) is 2.67. The van der Waals surface area contributed by atoms with E-state index in [0.29, 0.717) is 21.6 Å². The molecule has 3 aromatic rings. The number of ether oxygens (including phenoxy) is 2. The largest absolute Gasteiger partial charge is 0.465 e. The molecule has 0 bridgehead atoms. The van der Waals surface area contributed by atoms with E-state index in [1.165, 1.54) is 7.11 Å². The number of hydrogen-bond acceptors (Lipinski definition) is 6. The fraction of sp³-hybridized carbons (Fsp3) is 0.100. The van der Waals surface area contributed by atoms with Crippen LogP contribution in [0.5, 0.6) is 5.75 Å². The molecule has 1 aliphatic heterocycles. The maximum atomic E-state index is 12.8. The standard InChI is InChI=1S/C20H14ClNO5/c1-25-19(23)16-14(10-6-8-11(21)9-7-10)15-17(27-18(16)22)12-4-2-3-5-13(12)26-20(15)24/h2-9,14H,22H2,1H3/t14-/m0/s1. The van der Waals surface area contributed by atoms with Gasteiger partial charge in [0.1, 0.15) is 11.2 Å². The van der Waals surface area contributed by atoms with Gasteiger partial charge in [0, 0.05) is 5.02 Å². The highest BCUT2D eigenvalue weighted by molar-refractivity contribution is 6.30. The van der Waals surface area contributed by atoms with Gasteiger partial charge in [0.2, 0.25) is 5.88 Å². The summed E-state index contributed by atoms with van der Waals surface area (Å²) in [7, 11) is 1.24. The zero-order chi connectivity index (χ0) is 19.1. The molecule has 136 valence electrons. The summed E-state index contributed by atoms with van der Waals surface area (Å²) in [6.07, 6.45) is 0. The summed E-state index contributed by atoms with van der Waals surface area (Å²) in [6, 6.07) is 13.7. The molecule has 0 spiro atoms. The Kier molecular flexibility index (Phi) is 4.12. The molecule has 0 aliphatic carbocycles. The Bertz CT molecular complexity index is 1150. The van der Waals surface area contributed by atoms with Gasteiger partial charge in [0.15, 0.2) is 5.75 Å². The Hall–Kier alpha value is -3.25. The molecule has 1 atom stereocenters. The van der Waals surface area contributed by atoms with Crippen LogP contribution in [0.25, 0.3) is 11.0 Å². The quantitative estimate of drug-likeness (QED) is 0.539. The summed E-state index contributed by atoms with van der Waals surface area (Å²) in [5.74, 6) is -1.35. The Morgan fingerprint density at radius 1 is 1.15 bits per heavy atom. The van der Waals surface area contributed by atoms with Gasteiger partial charge in [-0.15, -0.1) is 0 Å². The van der Waals surface area contributed by atoms with Crippen molar-refractivity contribution in [2.45, 2.75) is 5.92 Å². The molecule has 7 heteroatoms. The Balaban J connectivity index is 2.07. The second-order valence-electron chi connectivity index (χ2n) is 5.98. The van der Waals surface area contributed by atoms with Crippen molar-refractivity contribution >= 4 is 28.5 Å². The van der Waals surface area contributed by atoms with E-state index in [1.807, 2.05) is 0 Å². The number of rotatable bonds is 2. The van der Waals surface area contributed by atoms with Crippen molar-refractivity contribution < 1.29 is 18.7 Å². The van der Waals surface area contributed by atoms with Crippen molar-refractivity contribution in [1.82, 2.24) is 0 Å². The molecule has 1 aliphatic rings. The van der Waals surface area contributed by atoms with E-state index >= 15 is 0 Å². The number of methoxy groups -OCH3 is 1. The lowest BCUT2D eigenvalue weighted by Gasteiger charge is -2.27. The zero-order valence-corrected chi connectivity index (χ0v) is 14.9. The van der Waals surface area contributed by atoms with E-state index in [1.54, 1.807) is 48.5 Å². The zero-order valence-electron chi connectivity index (χ0n) is 14.2. The third kappa shape index (κ3) is 2.74. The van der Waals surface area contributed by atoms with Crippen molar-refractivity contribution in [2.24, 2.45) is 5.73 Å². The van der Waals surface area contributed by atoms with Gasteiger partial charge in [-0.05, 0) is 29.8 Å². The van der Waals surface area contributed by atoms with Crippen LogP contribution in [0, 0.1) is 0 Å². The molecule has 1 aromatic heterocycles. The summed E-state index contributed by atoms with van der Waals surface area (Å²) in [5, 5.41) is 1.10. The van der Waals surface area contributed by atoms with Gasteiger partial charge in [0.05, 0.1) is 24.0 Å². The highest BCUT2D eigenvalue weighted by Crippen LogP contribution is 2.44. The van der Waals surface area contributed by atoms with Crippen molar-refractivity contribution in [3.05, 3.63) is 86.6 Å². The fourth-order valence-corrected chi connectivity index (χ4v) is 3.39. The van der Waals surface area contributed by atoms with Gasteiger partial charge in [-0.2, -0.15) is 0 Å². The molecule has 4 rings (SSSR count). The van der Waals surface area contributed by atoms with Gasteiger partial charge in [-0.3, -0.25) is 0 Å². The minimum Gasteiger partial charge on any atom is -0.465 e. The van der Waals surface area contributed by atoms with Crippen LogP contribution < -0.4 is 16.1 Å². The molecule has 6 nitrogen and oxygen atoms in total. The second-order valence-corrected chi connectivity index (χ2v) is 6.42. The van der Waals surface area contributed by atoms with Crippen LogP contribution in [0.1, 0.15) is 17.0 Å². The van der Waals surface area contributed by atoms with Crippen LogP contribution in [-0.4, -0.2) is 13.1 Å². The molecule has 2 aromatic carbocycles. The molecule has 0 saturated heterocycles. The number of fused-ring (bicyclic) bond motifs is 3. The van der Waals surface area contributed by atoms with Crippen molar-refractivity contribution in [3.63, 3.8) is 0 Å². The number of esters is 1. The van der Waals surface area contributed by atoms with Crippen LogP contribution in [0.15, 0.2) is 69.2 Å². The van der Waals surface area contributed by atoms with E-state index in [0.717, 1.165) is 0 Å². The number of benzene rings is 2. The van der Waals surface area contributed by atoms with Crippen molar-refractivity contribution in [1.29, 1.82) is 0 Å². The third-order valence-corrected chi connectivity index (χ3v) is 4.71. The molecular weight excluding hydrogens is 370 g/mol. The van der Waals surface area contributed by atoms with Crippen LogP contribution in [-0.2, 0) is 9.53 Å². The normalized spacial score (nSPS) is 16.0. The van der Waals surface area contributed by atoms with Crippen LogP contribution in [0.3, 0.4) is 0 Å². The summed E-state index contributed by atoms with van der Waals surface area (Å²) in [5.41, 5.74) is 6.68. The average molecular weight is 384 g/mol. The van der Waals surface area contributed by atoms with Gasteiger partial charge >= 0.3 is 11.6 Å². The summed E-state index contributed by atoms with van der Waals surface area (Å²) in [6.45, 7) is 0. The predicted octanol–water partition coefficient (Wildman–Crippen LogP) is 3.31. The molecule has 0 saturated carbocycles. The highest BCUT2D eigenvalue weighted by atomic mass is 35.5. The topological polar surface area (TPSA) is 91.8 Å². The molecule has 0 radical (unpaired) electrons. The maximum Gasteiger partial charge on any atom is 0.344 e. The first-order valence-electron chi connectivity index (χ1n) is 8.08. The first-order chi connectivity index (χ1) is 13.0. The van der Waals surface area contributed by atoms with Gasteiger partial charge < -0.3 is 19.6 Å². The Labute approximate surface area is 158 Å². The summed E-state index contributed by atoms with van der Waals surface area (Å²) < 4.78 is 16.0. The van der Waals surface area contributed by atoms with E-state index in [-0.39, 0.29) is 22.8 Å². The highest BCUT2D eigenvalue weighted by Gasteiger charge is 2.39. The van der Waals surface area contributed by atoms with Gasteiger partial charge in [-0.25, -0.2) is 9.59 Å². The molecule has 0 fully saturated rings. The SMILES string of the molecule is COC(=O)C1=C(N)Oc2c(c(=O)oc3ccccc23)[C@@H]1c1ccc(Cl)cc1. The molecule has 0 amide bonds. The van der Waals surface area contributed by atoms with E-state index in [2.05, 4.69) is 0 Å². The fourth-order valence-electron chi connectivity index (χ4n) is 3.26. The Morgan fingerprint density at radius 2 is 1.85 bits per heavy atom. The van der Waals surface area contributed by atoms with Crippen LogP contribution in [0.2, 0.25) is 5.02 Å². The number of nitrogens with two attached hydrogens (primary N) is 1. The summed E-state index contributed by atoms with van der Waals surface area (Å²) in [4.78, 5) is 25.2. The molecule has 0 unspecified atom stereocenters. The van der Waals surface area contributed by atoms with E-state index in [4.69, 9.17) is 31.2 Å². The minimum atomic E-state index is -0.806. The summed E-state index contributed by atoms with van der Waals surface area (Å²) >= 11 is 5.98. The number of halogens is 1. The number of hydrogen-bond donors (Lipinski definition) is 1. The second kappa shape index (κ2) is 6.48. The number of para-hydroxylation sites is 1. The molecule has 2 N–H and O–H groups in total. The van der Waals surface area contributed by atoms with Crippen molar-refractivity contribution in [3.8, 4) is 5.75 Å². The first kappa shape index (κ1) is 17.2. The van der Waals surface area contributed by atoms with Crippen LogP contribution >= 0.6 is 11.6 Å². The lowest BCUT2D eigenvalue weighted by Crippen LogP contribution is -2.30. The van der Waals surface area contributed by atoms with E-state index in [9.17, 15) is 9.59 Å². The lowest BCUT2D eigenvalue weighted by atomic mass is 9.83. The smallest absolute Gasteiger partial charge is 0.344 e.